The molecule has 0 amide bonds. The molecule has 0 radical (unpaired) electrons. The third kappa shape index (κ3) is 3.11. The van der Waals surface area contributed by atoms with Gasteiger partial charge in [0.2, 0.25) is 0 Å². The average molecular weight is 375 g/mol. The summed E-state index contributed by atoms with van der Waals surface area (Å²) >= 11 is 3.30. The number of hydrogen-bond donors (Lipinski definition) is 1. The van der Waals surface area contributed by atoms with Gasteiger partial charge in [-0.05, 0) is 18.6 Å². The number of rotatable bonds is 6. The van der Waals surface area contributed by atoms with Crippen molar-refractivity contribution in [2.45, 2.75) is 36.2 Å². The molecule has 0 bridgehead atoms. The summed E-state index contributed by atoms with van der Waals surface area (Å²) in [5.74, 6) is 2.61. The number of aromatic amines is 1. The van der Waals surface area contributed by atoms with E-state index in [9.17, 15) is 4.79 Å². The molecule has 0 unspecified atom stereocenters. The Labute approximate surface area is 152 Å². The number of hydrogen-bond acceptors (Lipinski definition) is 7. The van der Waals surface area contributed by atoms with Gasteiger partial charge in [-0.3, -0.25) is 14.1 Å². The van der Waals surface area contributed by atoms with E-state index in [1.165, 1.54) is 0 Å². The van der Waals surface area contributed by atoms with Crippen molar-refractivity contribution in [2.24, 2.45) is 0 Å². The highest BCUT2D eigenvalue weighted by Crippen LogP contribution is 2.38. The van der Waals surface area contributed by atoms with Gasteiger partial charge in [0, 0.05) is 36.0 Å². The van der Waals surface area contributed by atoms with Crippen LogP contribution in [0.1, 0.15) is 19.4 Å². The van der Waals surface area contributed by atoms with Gasteiger partial charge in [0.25, 0.3) is 0 Å². The van der Waals surface area contributed by atoms with Crippen molar-refractivity contribution in [3.8, 4) is 11.4 Å². The van der Waals surface area contributed by atoms with E-state index in [-0.39, 0.29) is 11.7 Å². The molecule has 10 heteroatoms. The molecule has 0 fully saturated rings. The van der Waals surface area contributed by atoms with Gasteiger partial charge in [0.05, 0.1) is 6.04 Å². The second kappa shape index (κ2) is 7.04. The van der Waals surface area contributed by atoms with Gasteiger partial charge in [-0.15, -0.1) is 15.3 Å². The van der Waals surface area contributed by atoms with Crippen LogP contribution in [-0.2, 0) is 6.54 Å². The van der Waals surface area contributed by atoms with Crippen molar-refractivity contribution in [3.63, 3.8) is 0 Å². The van der Waals surface area contributed by atoms with E-state index in [1.54, 1.807) is 40.5 Å². The molecule has 25 heavy (non-hydrogen) atoms. The average Bonchev–Trinajstić information content (AvgIpc) is 3.31. The molecule has 4 rings (SSSR count). The third-order valence-electron chi connectivity index (χ3n) is 3.95. The number of nitrogens with one attached hydrogen (secondary N) is 1. The summed E-state index contributed by atoms with van der Waals surface area (Å²) in [7, 11) is 0. The van der Waals surface area contributed by atoms with Gasteiger partial charge in [0.1, 0.15) is 0 Å². The molecule has 8 nitrogen and oxygen atoms in total. The first-order valence-corrected chi connectivity index (χ1v) is 10.0. The number of H-pyrrole nitrogens is 1. The first-order valence-electron chi connectivity index (χ1n) is 8.04. The minimum absolute atomic E-state index is 0.146. The molecule has 0 saturated heterocycles. The number of pyridine rings is 1. The van der Waals surface area contributed by atoms with Crippen LogP contribution in [0.3, 0.4) is 0 Å². The predicted octanol–water partition coefficient (Wildman–Crippen LogP) is 2.07. The molecule has 1 aliphatic heterocycles. The molecule has 1 atom stereocenters. The van der Waals surface area contributed by atoms with Gasteiger partial charge < -0.3 is 0 Å². The highest BCUT2D eigenvalue weighted by Gasteiger charge is 2.29. The van der Waals surface area contributed by atoms with E-state index in [0.29, 0.717) is 6.54 Å². The fraction of sp³-hybridized carbons (Fsp3) is 0.400. The summed E-state index contributed by atoms with van der Waals surface area (Å²) in [5, 5.41) is 17.0. The zero-order chi connectivity index (χ0) is 17.2. The first kappa shape index (κ1) is 16.4. The standard InChI is InChI=1S/C15H17N7OS2/c1-2-7-21-13(23)18-19-14(21)24-8-11-9-25-15-20-17-12(22(11)15)10-3-5-16-6-4-10/h3-6,11H,2,7-9H2,1H3,(H,18,23)/t11-/m1/s1. The predicted molar refractivity (Wildman–Crippen MR) is 96.9 cm³/mol. The van der Waals surface area contributed by atoms with Gasteiger partial charge in [-0.2, -0.15) is 0 Å². The molecule has 0 aromatic carbocycles. The van der Waals surface area contributed by atoms with Crippen molar-refractivity contribution < 1.29 is 0 Å². The van der Waals surface area contributed by atoms with Crippen molar-refractivity contribution in [3.05, 3.63) is 35.0 Å². The minimum Gasteiger partial charge on any atom is -0.297 e. The maximum atomic E-state index is 11.8. The van der Waals surface area contributed by atoms with E-state index in [1.807, 2.05) is 19.1 Å². The minimum atomic E-state index is -0.146. The summed E-state index contributed by atoms with van der Waals surface area (Å²) in [4.78, 5) is 15.9. The van der Waals surface area contributed by atoms with Crippen LogP contribution < -0.4 is 5.69 Å². The maximum absolute atomic E-state index is 11.8. The van der Waals surface area contributed by atoms with E-state index < -0.39 is 0 Å². The summed E-state index contributed by atoms with van der Waals surface area (Å²) in [6.45, 7) is 2.73. The maximum Gasteiger partial charge on any atom is 0.343 e. The SMILES string of the molecule is CCCn1c(SC[C@@H]2CSc3nnc(-c4ccncc4)n32)n[nH]c1=O. The molecule has 130 valence electrons. The highest BCUT2D eigenvalue weighted by atomic mass is 32.2. The Bertz CT molecular complexity index is 918. The summed E-state index contributed by atoms with van der Waals surface area (Å²) in [6, 6.07) is 4.14. The van der Waals surface area contributed by atoms with Gasteiger partial charge in [-0.1, -0.05) is 30.4 Å². The molecule has 1 aliphatic rings. The molecule has 3 aromatic rings. The molecule has 0 saturated carbocycles. The van der Waals surface area contributed by atoms with E-state index in [0.717, 1.165) is 39.6 Å². The quantitative estimate of drug-likeness (QED) is 0.659. The van der Waals surface area contributed by atoms with Crippen molar-refractivity contribution in [1.29, 1.82) is 0 Å². The molecule has 3 aromatic heterocycles. The lowest BCUT2D eigenvalue weighted by Gasteiger charge is -2.14. The first-order chi connectivity index (χ1) is 12.3. The van der Waals surface area contributed by atoms with Crippen LogP contribution in [0, 0.1) is 0 Å². The molecular formula is C15H17N7OS2. The lowest BCUT2D eigenvalue weighted by molar-refractivity contribution is 0.587. The Balaban J connectivity index is 1.56. The highest BCUT2D eigenvalue weighted by molar-refractivity contribution is 8.00. The van der Waals surface area contributed by atoms with Crippen LogP contribution >= 0.6 is 23.5 Å². The zero-order valence-electron chi connectivity index (χ0n) is 13.6. The van der Waals surface area contributed by atoms with Crippen LogP contribution in [0.4, 0.5) is 0 Å². The normalized spacial score (nSPS) is 16.3. The monoisotopic (exact) mass is 375 g/mol. The fourth-order valence-electron chi connectivity index (χ4n) is 2.78. The number of aromatic nitrogens is 7. The van der Waals surface area contributed by atoms with E-state index >= 15 is 0 Å². The summed E-state index contributed by atoms with van der Waals surface area (Å²) in [6.07, 6.45) is 4.42. The number of nitrogens with zero attached hydrogens (tertiary/aromatic N) is 6. The molecule has 1 N–H and O–H groups in total. The Morgan fingerprint density at radius 2 is 2.20 bits per heavy atom. The van der Waals surface area contributed by atoms with Gasteiger partial charge in [0.15, 0.2) is 16.1 Å². The topological polar surface area (TPSA) is 94.3 Å². The van der Waals surface area contributed by atoms with Crippen LogP contribution in [-0.4, -0.2) is 46.0 Å². The van der Waals surface area contributed by atoms with Crippen LogP contribution in [0.2, 0.25) is 0 Å². The lowest BCUT2D eigenvalue weighted by atomic mass is 10.2. The number of thioether (sulfide) groups is 2. The van der Waals surface area contributed by atoms with Crippen LogP contribution in [0.15, 0.2) is 39.6 Å². The van der Waals surface area contributed by atoms with Crippen LogP contribution in [0.5, 0.6) is 0 Å². The van der Waals surface area contributed by atoms with Gasteiger partial charge >= 0.3 is 5.69 Å². The Morgan fingerprint density at radius 1 is 1.36 bits per heavy atom. The van der Waals surface area contributed by atoms with Crippen molar-refractivity contribution in [1.82, 2.24) is 34.5 Å². The zero-order valence-corrected chi connectivity index (χ0v) is 15.3. The van der Waals surface area contributed by atoms with E-state index in [2.05, 4.69) is 29.9 Å². The van der Waals surface area contributed by atoms with Gasteiger partial charge in [-0.25, -0.2) is 9.89 Å². The van der Waals surface area contributed by atoms with Crippen LogP contribution in [0.25, 0.3) is 11.4 Å². The second-order valence-electron chi connectivity index (χ2n) is 5.65. The largest absolute Gasteiger partial charge is 0.343 e. The summed E-state index contributed by atoms with van der Waals surface area (Å²) in [5.41, 5.74) is 0.863. The Kier molecular flexibility index (Phi) is 4.62. The number of fused-ring (bicyclic) bond motifs is 1. The smallest absolute Gasteiger partial charge is 0.297 e. The second-order valence-corrected chi connectivity index (χ2v) is 7.63. The Morgan fingerprint density at radius 3 is 3.00 bits per heavy atom. The fourth-order valence-corrected chi connectivity index (χ4v) is 5.05. The molecule has 0 aliphatic carbocycles. The Hall–Kier alpha value is -2.07. The third-order valence-corrected chi connectivity index (χ3v) is 6.16. The van der Waals surface area contributed by atoms with Crippen molar-refractivity contribution in [2.75, 3.05) is 11.5 Å². The lowest BCUT2D eigenvalue weighted by Crippen LogP contribution is -2.18. The molecular weight excluding hydrogens is 358 g/mol. The van der Waals surface area contributed by atoms with Crippen molar-refractivity contribution >= 4 is 23.5 Å². The molecule has 4 heterocycles. The summed E-state index contributed by atoms with van der Waals surface area (Å²) < 4.78 is 3.88. The van der Waals surface area contributed by atoms with E-state index in [4.69, 9.17) is 0 Å². The molecule has 0 spiro atoms.